The van der Waals surface area contributed by atoms with E-state index in [9.17, 15) is 4.79 Å². The molecule has 0 aromatic carbocycles. The van der Waals surface area contributed by atoms with Crippen LogP contribution < -0.4 is 16.0 Å². The van der Waals surface area contributed by atoms with Gasteiger partial charge in [0.15, 0.2) is 11.6 Å². The monoisotopic (exact) mass is 305 g/mol. The zero-order valence-corrected chi connectivity index (χ0v) is 12.1. The Bertz CT molecular complexity index is 606. The molecule has 0 aliphatic carbocycles. The van der Waals surface area contributed by atoms with E-state index >= 15 is 0 Å². The number of piperidine rings is 1. The second-order valence-electron chi connectivity index (χ2n) is 4.78. The SMILES string of the molecule is Nc1nnc(C2CCN(c3ccc(NC=O)nn3)CC2)s1. The van der Waals surface area contributed by atoms with Gasteiger partial charge in [0.25, 0.3) is 0 Å². The van der Waals surface area contributed by atoms with E-state index in [1.165, 1.54) is 11.3 Å². The first kappa shape index (κ1) is 13.7. The van der Waals surface area contributed by atoms with E-state index in [1.807, 2.05) is 6.07 Å². The predicted octanol–water partition coefficient (Wildman–Crippen LogP) is 0.863. The quantitative estimate of drug-likeness (QED) is 0.806. The number of carbonyl (C=O) groups is 1. The van der Waals surface area contributed by atoms with Crippen molar-refractivity contribution in [3.63, 3.8) is 0 Å². The Morgan fingerprint density at radius 3 is 2.62 bits per heavy atom. The smallest absolute Gasteiger partial charge is 0.212 e. The highest BCUT2D eigenvalue weighted by atomic mass is 32.1. The Morgan fingerprint density at radius 1 is 1.24 bits per heavy atom. The molecule has 0 radical (unpaired) electrons. The number of carbonyl (C=O) groups excluding carboxylic acids is 1. The Hall–Kier alpha value is -2.29. The average Bonchev–Trinajstić information content (AvgIpc) is 2.95. The van der Waals surface area contributed by atoms with Gasteiger partial charge < -0.3 is 16.0 Å². The van der Waals surface area contributed by atoms with Gasteiger partial charge in [-0.25, -0.2) is 0 Å². The highest BCUT2D eigenvalue weighted by molar-refractivity contribution is 7.15. The summed E-state index contributed by atoms with van der Waals surface area (Å²) in [5, 5.41) is 20.1. The minimum absolute atomic E-state index is 0.417. The van der Waals surface area contributed by atoms with Gasteiger partial charge in [-0.2, -0.15) is 0 Å². The van der Waals surface area contributed by atoms with Crippen molar-refractivity contribution in [3.05, 3.63) is 17.1 Å². The summed E-state index contributed by atoms with van der Waals surface area (Å²) >= 11 is 1.47. The van der Waals surface area contributed by atoms with Crippen LogP contribution >= 0.6 is 11.3 Å². The summed E-state index contributed by atoms with van der Waals surface area (Å²) in [5.74, 6) is 1.69. The van der Waals surface area contributed by atoms with Gasteiger partial charge in [0, 0.05) is 19.0 Å². The van der Waals surface area contributed by atoms with Crippen molar-refractivity contribution in [2.75, 3.05) is 29.0 Å². The van der Waals surface area contributed by atoms with Crippen LogP contribution in [0.1, 0.15) is 23.8 Å². The second-order valence-corrected chi connectivity index (χ2v) is 5.82. The van der Waals surface area contributed by atoms with Crippen LogP contribution in [0, 0.1) is 0 Å². The molecule has 2 aromatic rings. The molecule has 1 saturated heterocycles. The van der Waals surface area contributed by atoms with Gasteiger partial charge in [-0.1, -0.05) is 11.3 Å². The van der Waals surface area contributed by atoms with E-state index in [2.05, 4.69) is 30.6 Å². The summed E-state index contributed by atoms with van der Waals surface area (Å²) in [6, 6.07) is 3.61. The number of rotatable bonds is 4. The number of aromatic nitrogens is 4. The molecule has 2 aromatic heterocycles. The van der Waals surface area contributed by atoms with E-state index < -0.39 is 0 Å². The van der Waals surface area contributed by atoms with Gasteiger partial charge in [-0.05, 0) is 25.0 Å². The van der Waals surface area contributed by atoms with Crippen molar-refractivity contribution in [1.82, 2.24) is 20.4 Å². The maximum atomic E-state index is 10.3. The molecule has 1 fully saturated rings. The average molecular weight is 305 g/mol. The van der Waals surface area contributed by atoms with E-state index in [0.717, 1.165) is 36.8 Å². The van der Waals surface area contributed by atoms with E-state index in [1.54, 1.807) is 6.07 Å². The maximum Gasteiger partial charge on any atom is 0.212 e. The zero-order valence-electron chi connectivity index (χ0n) is 11.3. The summed E-state index contributed by atoms with van der Waals surface area (Å²) in [4.78, 5) is 12.5. The lowest BCUT2D eigenvalue weighted by Gasteiger charge is -2.31. The molecule has 8 nitrogen and oxygen atoms in total. The molecule has 0 unspecified atom stereocenters. The Balaban J connectivity index is 1.61. The number of amides is 1. The molecule has 0 spiro atoms. The topological polar surface area (TPSA) is 110 Å². The van der Waals surface area contributed by atoms with Crippen LogP contribution in [0.25, 0.3) is 0 Å². The van der Waals surface area contributed by atoms with Crippen molar-refractivity contribution in [2.45, 2.75) is 18.8 Å². The minimum atomic E-state index is 0.417. The summed E-state index contributed by atoms with van der Waals surface area (Å²) < 4.78 is 0. The van der Waals surface area contributed by atoms with Gasteiger partial charge in [-0.3, -0.25) is 4.79 Å². The first-order valence-electron chi connectivity index (χ1n) is 6.64. The number of nitrogens with one attached hydrogen (secondary N) is 1. The van der Waals surface area contributed by atoms with Crippen LogP contribution in [-0.2, 0) is 4.79 Å². The first-order chi connectivity index (χ1) is 10.3. The third-order valence-electron chi connectivity index (χ3n) is 3.48. The molecule has 9 heteroatoms. The number of anilines is 3. The minimum Gasteiger partial charge on any atom is -0.374 e. The van der Waals surface area contributed by atoms with Gasteiger partial charge in [-0.15, -0.1) is 20.4 Å². The number of nitrogens with two attached hydrogens (primary N) is 1. The lowest BCUT2D eigenvalue weighted by Crippen LogP contribution is -2.33. The molecule has 0 saturated carbocycles. The molecule has 3 heterocycles. The normalized spacial score (nSPS) is 15.9. The van der Waals surface area contributed by atoms with E-state index in [4.69, 9.17) is 5.73 Å². The van der Waals surface area contributed by atoms with Crippen molar-refractivity contribution in [3.8, 4) is 0 Å². The lowest BCUT2D eigenvalue weighted by molar-refractivity contribution is -0.105. The number of hydrogen-bond donors (Lipinski definition) is 2. The molecule has 0 atom stereocenters. The van der Waals surface area contributed by atoms with E-state index in [0.29, 0.717) is 23.3 Å². The van der Waals surface area contributed by atoms with Crippen LogP contribution in [0.3, 0.4) is 0 Å². The number of hydrogen-bond acceptors (Lipinski definition) is 8. The fourth-order valence-electron chi connectivity index (χ4n) is 2.40. The Kier molecular flexibility index (Phi) is 3.91. The van der Waals surface area contributed by atoms with Crippen LogP contribution in [0.5, 0.6) is 0 Å². The standard InChI is InChI=1S/C12H15N7OS/c13-12-18-17-11(21-12)8-3-5-19(6-4-8)10-2-1-9(14-7-20)15-16-10/h1-2,7-8H,3-6H2,(H2,13,18)(H,14,15,20). The van der Waals surface area contributed by atoms with Gasteiger partial charge in [0.1, 0.15) is 5.01 Å². The van der Waals surface area contributed by atoms with Gasteiger partial charge in [0.05, 0.1) is 0 Å². The zero-order chi connectivity index (χ0) is 14.7. The number of nitrogen functional groups attached to an aromatic ring is 1. The van der Waals surface area contributed by atoms with Gasteiger partial charge in [0.2, 0.25) is 11.5 Å². The fraction of sp³-hybridized carbons (Fsp3) is 0.417. The van der Waals surface area contributed by atoms with Crippen LogP contribution in [0.15, 0.2) is 12.1 Å². The predicted molar refractivity (Wildman–Crippen MR) is 80.2 cm³/mol. The van der Waals surface area contributed by atoms with E-state index in [-0.39, 0.29) is 0 Å². The van der Waals surface area contributed by atoms with Crippen LogP contribution in [-0.4, -0.2) is 39.9 Å². The molecule has 1 aliphatic rings. The van der Waals surface area contributed by atoms with Crippen LogP contribution in [0.4, 0.5) is 16.8 Å². The Labute approximate surface area is 125 Å². The van der Waals surface area contributed by atoms with Crippen molar-refractivity contribution >= 4 is 34.5 Å². The largest absolute Gasteiger partial charge is 0.374 e. The summed E-state index contributed by atoms with van der Waals surface area (Å²) in [6.07, 6.45) is 2.57. The van der Waals surface area contributed by atoms with Crippen molar-refractivity contribution < 1.29 is 4.79 Å². The highest BCUT2D eigenvalue weighted by Gasteiger charge is 2.24. The Morgan fingerprint density at radius 2 is 2.05 bits per heavy atom. The summed E-state index contributed by atoms with van der Waals surface area (Å²) in [6.45, 7) is 1.78. The maximum absolute atomic E-state index is 10.3. The van der Waals surface area contributed by atoms with Crippen LogP contribution in [0.2, 0.25) is 0 Å². The number of nitrogens with zero attached hydrogens (tertiary/aromatic N) is 5. The molecule has 110 valence electrons. The fourth-order valence-corrected chi connectivity index (χ4v) is 3.18. The van der Waals surface area contributed by atoms with Gasteiger partial charge >= 0.3 is 0 Å². The molecular weight excluding hydrogens is 290 g/mol. The lowest BCUT2D eigenvalue weighted by atomic mass is 9.98. The molecule has 1 aliphatic heterocycles. The molecule has 3 rings (SSSR count). The first-order valence-corrected chi connectivity index (χ1v) is 7.45. The highest BCUT2D eigenvalue weighted by Crippen LogP contribution is 2.31. The summed E-state index contributed by atoms with van der Waals surface area (Å²) in [7, 11) is 0. The molecule has 3 N–H and O–H groups in total. The third-order valence-corrected chi connectivity index (χ3v) is 4.40. The molecule has 0 bridgehead atoms. The molecule has 21 heavy (non-hydrogen) atoms. The second kappa shape index (κ2) is 6.00. The van der Waals surface area contributed by atoms with Crippen molar-refractivity contribution in [1.29, 1.82) is 0 Å². The van der Waals surface area contributed by atoms with Crippen molar-refractivity contribution in [2.24, 2.45) is 0 Å². The molecule has 1 amide bonds. The molecular formula is C12H15N7OS. The third kappa shape index (κ3) is 3.07. The summed E-state index contributed by atoms with van der Waals surface area (Å²) in [5.41, 5.74) is 5.63.